The molecule has 1 aromatic heterocycles. The molecule has 1 fully saturated rings. The fourth-order valence-electron chi connectivity index (χ4n) is 2.33. The third-order valence-corrected chi connectivity index (χ3v) is 3.63. The van der Waals surface area contributed by atoms with Crippen LogP contribution < -0.4 is 4.74 Å². The van der Waals surface area contributed by atoms with Gasteiger partial charge in [0.2, 0.25) is 0 Å². The van der Waals surface area contributed by atoms with Crippen LogP contribution in [-0.4, -0.2) is 29.5 Å². The number of hydrogen-bond acceptors (Lipinski definition) is 3. The Morgan fingerprint density at radius 2 is 2.30 bits per heavy atom. The number of ether oxygens (including phenoxy) is 2. The lowest BCUT2D eigenvalue weighted by Crippen LogP contribution is -2.24. The molecule has 0 bridgehead atoms. The maximum Gasteiger partial charge on any atom is 0.132 e. The molecule has 0 radical (unpaired) electrons. The first kappa shape index (κ1) is 12.9. The number of aromatic nitrogens is 2. The number of methoxy groups -OCH3 is 1. The Bertz CT molecular complexity index is 668. The molecule has 104 valence electrons. The van der Waals surface area contributed by atoms with Crippen molar-refractivity contribution >= 4 is 16.5 Å². The minimum atomic E-state index is -0.137. The molecule has 20 heavy (non-hydrogen) atoms. The highest BCUT2D eigenvalue weighted by molar-refractivity contribution is 5.92. The summed E-state index contributed by atoms with van der Waals surface area (Å²) < 4.78 is 11.3. The van der Waals surface area contributed by atoms with Crippen molar-refractivity contribution in [3.63, 3.8) is 0 Å². The lowest BCUT2D eigenvalue weighted by atomic mass is 10.1. The molecular weight excluding hydrogens is 252 g/mol. The third-order valence-electron chi connectivity index (χ3n) is 3.63. The zero-order chi connectivity index (χ0) is 14.2. The van der Waals surface area contributed by atoms with Gasteiger partial charge in [-0.25, -0.2) is 0 Å². The Kier molecular flexibility index (Phi) is 3.10. The van der Waals surface area contributed by atoms with Crippen molar-refractivity contribution in [1.29, 1.82) is 0 Å². The number of hydrogen-bond donors (Lipinski definition) is 1. The SMILES string of the molecule is C=CC(=C)c1n[nH]c2ccc(OC3(COC)CC3)cc12. The molecule has 0 spiro atoms. The molecule has 0 amide bonds. The summed E-state index contributed by atoms with van der Waals surface area (Å²) in [6.45, 7) is 8.32. The molecule has 0 unspecified atom stereocenters. The lowest BCUT2D eigenvalue weighted by Gasteiger charge is -2.17. The van der Waals surface area contributed by atoms with Gasteiger partial charge >= 0.3 is 0 Å². The Balaban J connectivity index is 1.93. The summed E-state index contributed by atoms with van der Waals surface area (Å²) >= 11 is 0. The van der Waals surface area contributed by atoms with Gasteiger partial charge in [0, 0.05) is 12.5 Å². The molecule has 3 rings (SSSR count). The minimum Gasteiger partial charge on any atom is -0.485 e. The lowest BCUT2D eigenvalue weighted by molar-refractivity contribution is 0.0640. The average molecular weight is 270 g/mol. The zero-order valence-electron chi connectivity index (χ0n) is 11.6. The summed E-state index contributed by atoms with van der Waals surface area (Å²) in [5.41, 5.74) is 2.44. The standard InChI is InChI=1S/C16H18N2O2/c1-4-11(2)15-13-9-12(5-6-14(13)17-18-15)20-16(7-8-16)10-19-3/h4-6,9H,1-2,7-8,10H2,3H3,(H,17,18). The molecule has 1 aromatic carbocycles. The highest BCUT2D eigenvalue weighted by atomic mass is 16.5. The van der Waals surface area contributed by atoms with E-state index in [0.717, 1.165) is 40.8 Å². The van der Waals surface area contributed by atoms with Crippen LogP contribution in [0, 0.1) is 0 Å². The van der Waals surface area contributed by atoms with Crippen molar-refractivity contribution in [1.82, 2.24) is 10.2 Å². The number of rotatable bonds is 6. The van der Waals surface area contributed by atoms with Gasteiger partial charge in [-0.3, -0.25) is 5.10 Å². The molecular formula is C16H18N2O2. The maximum absolute atomic E-state index is 6.08. The fraction of sp³-hybridized carbons (Fsp3) is 0.312. The van der Waals surface area contributed by atoms with Gasteiger partial charge in [0.1, 0.15) is 11.4 Å². The first-order chi connectivity index (χ1) is 9.67. The third kappa shape index (κ3) is 2.23. The largest absolute Gasteiger partial charge is 0.485 e. The second-order valence-electron chi connectivity index (χ2n) is 5.23. The highest BCUT2D eigenvalue weighted by Gasteiger charge is 2.45. The van der Waals surface area contributed by atoms with Gasteiger partial charge in [0.15, 0.2) is 0 Å². The molecule has 0 aliphatic heterocycles. The quantitative estimate of drug-likeness (QED) is 0.819. The van der Waals surface area contributed by atoms with Gasteiger partial charge in [0.05, 0.1) is 17.8 Å². The van der Waals surface area contributed by atoms with Crippen molar-refractivity contribution in [3.05, 3.63) is 43.1 Å². The van der Waals surface area contributed by atoms with Crippen molar-refractivity contribution in [2.45, 2.75) is 18.4 Å². The van der Waals surface area contributed by atoms with Crippen LogP contribution in [0.5, 0.6) is 5.75 Å². The first-order valence-corrected chi connectivity index (χ1v) is 6.65. The van der Waals surface area contributed by atoms with E-state index in [1.807, 2.05) is 18.2 Å². The monoisotopic (exact) mass is 270 g/mol. The van der Waals surface area contributed by atoms with Crippen LogP contribution in [0.15, 0.2) is 37.4 Å². The smallest absolute Gasteiger partial charge is 0.132 e. The van der Waals surface area contributed by atoms with Crippen molar-refractivity contribution < 1.29 is 9.47 Å². The summed E-state index contributed by atoms with van der Waals surface area (Å²) in [5.74, 6) is 0.839. The zero-order valence-corrected chi connectivity index (χ0v) is 11.6. The molecule has 2 aromatic rings. The Morgan fingerprint density at radius 3 is 2.95 bits per heavy atom. The van der Waals surface area contributed by atoms with Gasteiger partial charge < -0.3 is 9.47 Å². The molecule has 1 saturated carbocycles. The van der Waals surface area contributed by atoms with E-state index in [1.165, 1.54) is 0 Å². The molecule has 1 heterocycles. The Labute approximate surface area is 118 Å². The van der Waals surface area contributed by atoms with E-state index >= 15 is 0 Å². The number of benzene rings is 1. The van der Waals surface area contributed by atoms with E-state index in [0.29, 0.717) is 6.61 Å². The van der Waals surface area contributed by atoms with Crippen molar-refractivity contribution in [2.24, 2.45) is 0 Å². The molecule has 1 aliphatic carbocycles. The van der Waals surface area contributed by atoms with Crippen LogP contribution in [0.4, 0.5) is 0 Å². The van der Waals surface area contributed by atoms with Crippen LogP contribution >= 0.6 is 0 Å². The van der Waals surface area contributed by atoms with Crippen LogP contribution in [0.25, 0.3) is 16.5 Å². The molecule has 4 nitrogen and oxygen atoms in total. The normalized spacial score (nSPS) is 16.1. The van der Waals surface area contributed by atoms with E-state index < -0.39 is 0 Å². The first-order valence-electron chi connectivity index (χ1n) is 6.65. The summed E-state index contributed by atoms with van der Waals surface area (Å²) in [6, 6.07) is 5.93. The van der Waals surface area contributed by atoms with E-state index in [4.69, 9.17) is 9.47 Å². The van der Waals surface area contributed by atoms with Crippen LogP contribution in [-0.2, 0) is 4.74 Å². The Morgan fingerprint density at radius 1 is 1.50 bits per heavy atom. The predicted octanol–water partition coefficient (Wildman–Crippen LogP) is 3.32. The number of H-pyrrole nitrogens is 1. The molecule has 1 aliphatic rings. The van der Waals surface area contributed by atoms with Crippen LogP contribution in [0.3, 0.4) is 0 Å². The second-order valence-corrected chi connectivity index (χ2v) is 5.23. The van der Waals surface area contributed by atoms with Crippen molar-refractivity contribution in [3.8, 4) is 5.75 Å². The number of nitrogens with one attached hydrogen (secondary N) is 1. The van der Waals surface area contributed by atoms with Gasteiger partial charge in [-0.1, -0.05) is 19.2 Å². The van der Waals surface area contributed by atoms with E-state index in [2.05, 4.69) is 23.4 Å². The number of nitrogens with zero attached hydrogens (tertiary/aromatic N) is 1. The van der Waals surface area contributed by atoms with E-state index in [1.54, 1.807) is 13.2 Å². The molecule has 0 saturated heterocycles. The average Bonchev–Trinajstić information content (AvgIpc) is 3.07. The van der Waals surface area contributed by atoms with Gasteiger partial charge in [-0.15, -0.1) is 0 Å². The summed E-state index contributed by atoms with van der Waals surface area (Å²) in [7, 11) is 1.70. The summed E-state index contributed by atoms with van der Waals surface area (Å²) in [4.78, 5) is 0. The minimum absolute atomic E-state index is 0.137. The fourth-order valence-corrected chi connectivity index (χ4v) is 2.33. The number of aromatic amines is 1. The molecule has 4 heteroatoms. The Hall–Kier alpha value is -2.07. The number of allylic oxidation sites excluding steroid dienone is 2. The van der Waals surface area contributed by atoms with Crippen LogP contribution in [0.2, 0.25) is 0 Å². The predicted molar refractivity (Wildman–Crippen MR) is 79.8 cm³/mol. The van der Waals surface area contributed by atoms with Gasteiger partial charge in [0.25, 0.3) is 0 Å². The molecule has 1 N–H and O–H groups in total. The molecule has 0 atom stereocenters. The van der Waals surface area contributed by atoms with E-state index in [-0.39, 0.29) is 5.60 Å². The van der Waals surface area contributed by atoms with E-state index in [9.17, 15) is 0 Å². The maximum atomic E-state index is 6.08. The highest BCUT2D eigenvalue weighted by Crippen LogP contribution is 2.41. The van der Waals surface area contributed by atoms with Gasteiger partial charge in [-0.05, 0) is 36.6 Å². The summed E-state index contributed by atoms with van der Waals surface area (Å²) in [5, 5.41) is 8.28. The topological polar surface area (TPSA) is 47.1 Å². The number of fused-ring (bicyclic) bond motifs is 1. The van der Waals surface area contributed by atoms with Crippen LogP contribution in [0.1, 0.15) is 18.5 Å². The van der Waals surface area contributed by atoms with Gasteiger partial charge in [-0.2, -0.15) is 5.10 Å². The second kappa shape index (κ2) is 4.80. The van der Waals surface area contributed by atoms with Crippen molar-refractivity contribution in [2.75, 3.05) is 13.7 Å². The summed E-state index contributed by atoms with van der Waals surface area (Å²) in [6.07, 6.45) is 3.78.